The fourth-order valence-corrected chi connectivity index (χ4v) is 1.23. The highest BCUT2D eigenvalue weighted by molar-refractivity contribution is 5.18. The normalized spacial score (nSPS) is 13.9. The van der Waals surface area contributed by atoms with Crippen molar-refractivity contribution in [3.05, 3.63) is 47.8 Å². The molecule has 1 rings (SSSR count). The number of benzene rings is 1. The van der Waals surface area contributed by atoms with Gasteiger partial charge in [0.15, 0.2) is 0 Å². The minimum absolute atomic E-state index is 0.0388. The zero-order valence-corrected chi connectivity index (χ0v) is 8.44. The van der Waals surface area contributed by atoms with Gasteiger partial charge in [0, 0.05) is 13.0 Å². The van der Waals surface area contributed by atoms with Crippen molar-refractivity contribution in [1.82, 2.24) is 0 Å². The number of hydrogen-bond acceptors (Lipinski definition) is 2. The molecule has 0 fully saturated rings. The van der Waals surface area contributed by atoms with Crippen molar-refractivity contribution in [2.24, 2.45) is 0 Å². The van der Waals surface area contributed by atoms with Gasteiger partial charge >= 0.3 is 0 Å². The summed E-state index contributed by atoms with van der Waals surface area (Å²) < 4.78 is 13.2. The topological polar surface area (TPSA) is 40.5 Å². The molecule has 0 heterocycles. The summed E-state index contributed by atoms with van der Waals surface area (Å²) >= 11 is 0. The van der Waals surface area contributed by atoms with Gasteiger partial charge in [-0.1, -0.05) is 30.3 Å². The van der Waals surface area contributed by atoms with Crippen molar-refractivity contribution in [2.45, 2.75) is 18.9 Å². The highest BCUT2D eigenvalue weighted by Crippen LogP contribution is 2.10. The predicted molar refractivity (Wildman–Crippen MR) is 57.0 cm³/mol. The lowest BCUT2D eigenvalue weighted by atomic mass is 10.1. The van der Waals surface area contributed by atoms with Crippen LogP contribution in [0.1, 0.15) is 12.0 Å². The van der Waals surface area contributed by atoms with Crippen LogP contribution in [0.3, 0.4) is 0 Å². The summed E-state index contributed by atoms with van der Waals surface area (Å²) in [6, 6.07) is 9.44. The summed E-state index contributed by atoms with van der Waals surface area (Å²) in [6.45, 7) is -0.215. The summed E-state index contributed by atoms with van der Waals surface area (Å²) in [5.74, 6) is -0.576. The van der Waals surface area contributed by atoms with Gasteiger partial charge in [0.05, 0.1) is 0 Å². The first kappa shape index (κ1) is 11.9. The Bertz CT molecular complexity index is 309. The van der Waals surface area contributed by atoms with Crippen molar-refractivity contribution < 1.29 is 14.6 Å². The molecule has 0 aliphatic rings. The molecule has 1 atom stereocenters. The van der Waals surface area contributed by atoms with Crippen LogP contribution in [0.15, 0.2) is 42.2 Å². The molecule has 3 heteroatoms. The number of halogens is 1. The van der Waals surface area contributed by atoms with E-state index in [4.69, 9.17) is 5.11 Å². The second kappa shape index (κ2) is 6.32. The number of hydrogen-bond donors (Lipinski definition) is 2. The Kier molecular flexibility index (Phi) is 5.01. The van der Waals surface area contributed by atoms with Crippen LogP contribution in [-0.4, -0.2) is 22.9 Å². The average molecular weight is 210 g/mol. The number of aliphatic hydroxyl groups is 2. The Morgan fingerprint density at radius 2 is 2.00 bits per heavy atom. The number of aliphatic hydroxyl groups excluding tert-OH is 2. The van der Waals surface area contributed by atoms with Gasteiger partial charge in [0.1, 0.15) is 11.9 Å². The third-order valence-electron chi connectivity index (χ3n) is 2.10. The summed E-state index contributed by atoms with van der Waals surface area (Å²) in [4.78, 5) is 0. The lowest BCUT2D eigenvalue weighted by Gasteiger charge is -2.05. The maximum absolute atomic E-state index is 13.2. The Morgan fingerprint density at radius 1 is 1.33 bits per heavy atom. The van der Waals surface area contributed by atoms with E-state index in [2.05, 4.69) is 0 Å². The molecule has 0 aromatic heterocycles. The minimum Gasteiger partial charge on any atom is -0.396 e. The van der Waals surface area contributed by atoms with E-state index < -0.39 is 11.9 Å². The number of allylic oxidation sites excluding steroid dienone is 1. The Balaban J connectivity index is 2.50. The molecule has 1 aromatic carbocycles. The standard InChI is InChI=1S/C12H15FO2/c13-11(12(15)8-9-14)7-6-10-4-2-1-3-5-10/h1-5,7,12,14-15H,6,8-9H2/b11-7+/t12-/m0/s1. The van der Waals surface area contributed by atoms with E-state index >= 15 is 0 Å². The van der Waals surface area contributed by atoms with Gasteiger partial charge in [0.2, 0.25) is 0 Å². The summed E-state index contributed by atoms with van der Waals surface area (Å²) in [7, 11) is 0. The zero-order valence-electron chi connectivity index (χ0n) is 8.44. The maximum atomic E-state index is 13.2. The van der Waals surface area contributed by atoms with Crippen LogP contribution in [-0.2, 0) is 6.42 Å². The van der Waals surface area contributed by atoms with Crippen LogP contribution in [0, 0.1) is 0 Å². The van der Waals surface area contributed by atoms with E-state index in [1.165, 1.54) is 6.08 Å². The molecule has 0 unspecified atom stereocenters. The average Bonchev–Trinajstić information content (AvgIpc) is 2.27. The van der Waals surface area contributed by atoms with E-state index in [1.54, 1.807) is 0 Å². The van der Waals surface area contributed by atoms with Crippen molar-refractivity contribution in [1.29, 1.82) is 0 Å². The van der Waals surface area contributed by atoms with Gasteiger partial charge in [0.25, 0.3) is 0 Å². The lowest BCUT2D eigenvalue weighted by Crippen LogP contribution is -2.09. The Hall–Kier alpha value is -1.19. The molecule has 0 radical (unpaired) electrons. The van der Waals surface area contributed by atoms with Gasteiger partial charge in [-0.05, 0) is 18.1 Å². The molecular formula is C12H15FO2. The smallest absolute Gasteiger partial charge is 0.125 e. The Morgan fingerprint density at radius 3 is 2.60 bits per heavy atom. The maximum Gasteiger partial charge on any atom is 0.125 e. The van der Waals surface area contributed by atoms with Crippen LogP contribution < -0.4 is 0 Å². The van der Waals surface area contributed by atoms with Crippen molar-refractivity contribution in [3.63, 3.8) is 0 Å². The van der Waals surface area contributed by atoms with Crippen molar-refractivity contribution >= 4 is 0 Å². The summed E-state index contributed by atoms with van der Waals surface area (Å²) in [6.07, 6.45) is 0.654. The Labute approximate surface area is 88.7 Å². The van der Waals surface area contributed by atoms with Crippen LogP contribution >= 0.6 is 0 Å². The summed E-state index contributed by atoms with van der Waals surface area (Å²) in [5.41, 5.74) is 0.990. The molecule has 15 heavy (non-hydrogen) atoms. The minimum atomic E-state index is -1.18. The van der Waals surface area contributed by atoms with Gasteiger partial charge in [-0.25, -0.2) is 4.39 Å². The molecule has 2 N–H and O–H groups in total. The molecule has 0 saturated carbocycles. The quantitative estimate of drug-likeness (QED) is 0.778. The fraction of sp³-hybridized carbons (Fsp3) is 0.333. The molecule has 0 bridgehead atoms. The van der Waals surface area contributed by atoms with Gasteiger partial charge in [-0.2, -0.15) is 0 Å². The first-order chi connectivity index (χ1) is 7.24. The second-order valence-corrected chi connectivity index (χ2v) is 3.31. The van der Waals surface area contributed by atoms with Gasteiger partial charge < -0.3 is 10.2 Å². The van der Waals surface area contributed by atoms with E-state index in [-0.39, 0.29) is 13.0 Å². The van der Waals surface area contributed by atoms with E-state index in [0.29, 0.717) is 6.42 Å². The molecule has 1 aromatic rings. The molecule has 0 aliphatic heterocycles. The van der Waals surface area contributed by atoms with Gasteiger partial charge in [-0.3, -0.25) is 0 Å². The third kappa shape index (κ3) is 4.23. The lowest BCUT2D eigenvalue weighted by molar-refractivity contribution is 0.140. The molecule has 0 saturated heterocycles. The molecule has 0 spiro atoms. The molecule has 2 nitrogen and oxygen atoms in total. The van der Waals surface area contributed by atoms with E-state index in [9.17, 15) is 9.50 Å². The molecular weight excluding hydrogens is 195 g/mol. The SMILES string of the molecule is OCC[C@H](O)/C(F)=C\Cc1ccccc1. The fourth-order valence-electron chi connectivity index (χ4n) is 1.23. The van der Waals surface area contributed by atoms with E-state index in [1.807, 2.05) is 30.3 Å². The van der Waals surface area contributed by atoms with Crippen molar-refractivity contribution in [2.75, 3.05) is 6.61 Å². The second-order valence-electron chi connectivity index (χ2n) is 3.31. The molecule has 0 amide bonds. The highest BCUT2D eigenvalue weighted by atomic mass is 19.1. The monoisotopic (exact) mass is 210 g/mol. The van der Waals surface area contributed by atoms with Crippen LogP contribution in [0.25, 0.3) is 0 Å². The summed E-state index contributed by atoms with van der Waals surface area (Å²) in [5, 5.41) is 17.7. The predicted octanol–water partition coefficient (Wildman–Crippen LogP) is 1.83. The first-order valence-corrected chi connectivity index (χ1v) is 4.92. The zero-order chi connectivity index (χ0) is 11.1. The largest absolute Gasteiger partial charge is 0.396 e. The van der Waals surface area contributed by atoms with Crippen LogP contribution in [0.2, 0.25) is 0 Å². The van der Waals surface area contributed by atoms with E-state index in [0.717, 1.165) is 5.56 Å². The molecule has 82 valence electrons. The highest BCUT2D eigenvalue weighted by Gasteiger charge is 2.08. The van der Waals surface area contributed by atoms with Crippen LogP contribution in [0.5, 0.6) is 0 Å². The third-order valence-corrected chi connectivity index (χ3v) is 2.10. The molecule has 0 aliphatic carbocycles. The van der Waals surface area contributed by atoms with Crippen molar-refractivity contribution in [3.8, 4) is 0 Å². The number of rotatable bonds is 5. The van der Waals surface area contributed by atoms with Crippen LogP contribution in [0.4, 0.5) is 4.39 Å². The first-order valence-electron chi connectivity index (χ1n) is 4.92. The van der Waals surface area contributed by atoms with Gasteiger partial charge in [-0.15, -0.1) is 0 Å².